The van der Waals surface area contributed by atoms with Gasteiger partial charge in [-0.25, -0.2) is 0 Å². The third kappa shape index (κ3) is 5.23. The van der Waals surface area contributed by atoms with E-state index >= 15 is 0 Å². The van der Waals surface area contributed by atoms with E-state index in [1.807, 2.05) is 17.0 Å². The monoisotopic (exact) mass is 456 g/mol. The molecule has 0 spiro atoms. The Morgan fingerprint density at radius 3 is 2.09 bits per heavy atom. The summed E-state index contributed by atoms with van der Waals surface area (Å²) >= 11 is 0. The number of piperazine rings is 1. The highest BCUT2D eigenvalue weighted by atomic mass is 16.5. The molecule has 1 saturated carbocycles. The SMILES string of the molecule is COc1cc(C(=O)N2CCN(c3ccc(OC4CCCCC4)nn3)CC2)cc(OC)c1OC. The summed E-state index contributed by atoms with van der Waals surface area (Å²) in [7, 11) is 4.62. The van der Waals surface area contributed by atoms with Crippen LogP contribution in [0.2, 0.25) is 0 Å². The van der Waals surface area contributed by atoms with Crippen LogP contribution < -0.4 is 23.8 Å². The first kappa shape index (κ1) is 22.9. The quantitative estimate of drug-likeness (QED) is 0.628. The van der Waals surface area contributed by atoms with Gasteiger partial charge in [0.25, 0.3) is 5.91 Å². The molecule has 9 heteroatoms. The number of anilines is 1. The highest BCUT2D eigenvalue weighted by Crippen LogP contribution is 2.38. The van der Waals surface area contributed by atoms with Crippen LogP contribution in [0.1, 0.15) is 42.5 Å². The molecule has 0 bridgehead atoms. The first-order valence-corrected chi connectivity index (χ1v) is 11.5. The molecule has 2 aromatic rings. The number of amides is 1. The summed E-state index contributed by atoms with van der Waals surface area (Å²) in [5.41, 5.74) is 0.502. The van der Waals surface area contributed by atoms with Crippen molar-refractivity contribution in [2.45, 2.75) is 38.2 Å². The molecule has 1 aliphatic carbocycles. The zero-order valence-corrected chi connectivity index (χ0v) is 19.6. The summed E-state index contributed by atoms with van der Waals surface area (Å²) in [6, 6.07) is 7.21. The first-order chi connectivity index (χ1) is 16.1. The summed E-state index contributed by atoms with van der Waals surface area (Å²) in [5, 5.41) is 8.63. The summed E-state index contributed by atoms with van der Waals surface area (Å²) in [6.07, 6.45) is 6.16. The normalized spacial score (nSPS) is 16.9. The Bertz CT molecular complexity index is 913. The van der Waals surface area contributed by atoms with E-state index in [4.69, 9.17) is 18.9 Å². The molecule has 2 heterocycles. The average molecular weight is 457 g/mol. The van der Waals surface area contributed by atoms with Crippen molar-refractivity contribution in [1.29, 1.82) is 0 Å². The number of rotatable bonds is 7. The molecule has 1 aromatic carbocycles. The van der Waals surface area contributed by atoms with Gasteiger partial charge in [0.05, 0.1) is 21.3 Å². The summed E-state index contributed by atoms with van der Waals surface area (Å²) in [5.74, 6) is 2.70. The number of aromatic nitrogens is 2. The zero-order chi connectivity index (χ0) is 23.2. The summed E-state index contributed by atoms with van der Waals surface area (Å²) < 4.78 is 22.1. The number of carbonyl (C=O) groups excluding carboxylic acids is 1. The van der Waals surface area contributed by atoms with Gasteiger partial charge in [-0.2, -0.15) is 0 Å². The van der Waals surface area contributed by atoms with Gasteiger partial charge in [0.1, 0.15) is 6.10 Å². The highest BCUT2D eigenvalue weighted by Gasteiger charge is 2.25. The maximum Gasteiger partial charge on any atom is 0.254 e. The molecule has 0 radical (unpaired) electrons. The van der Waals surface area contributed by atoms with Crippen LogP contribution in [0.4, 0.5) is 5.82 Å². The molecule has 1 aliphatic heterocycles. The van der Waals surface area contributed by atoms with Crippen molar-refractivity contribution in [3.63, 3.8) is 0 Å². The van der Waals surface area contributed by atoms with Gasteiger partial charge in [0.2, 0.25) is 11.6 Å². The average Bonchev–Trinajstić information content (AvgIpc) is 2.88. The van der Waals surface area contributed by atoms with Gasteiger partial charge in [-0.05, 0) is 43.9 Å². The Kier molecular flexibility index (Phi) is 7.36. The minimum Gasteiger partial charge on any atom is -0.493 e. The van der Waals surface area contributed by atoms with Gasteiger partial charge in [-0.1, -0.05) is 6.42 Å². The fraction of sp³-hybridized carbons (Fsp3) is 0.542. The lowest BCUT2D eigenvalue weighted by molar-refractivity contribution is 0.0745. The third-order valence-electron chi connectivity index (χ3n) is 6.27. The molecular weight excluding hydrogens is 424 g/mol. The largest absolute Gasteiger partial charge is 0.493 e. The second-order valence-electron chi connectivity index (χ2n) is 8.30. The van der Waals surface area contributed by atoms with Crippen LogP contribution >= 0.6 is 0 Å². The molecule has 1 saturated heterocycles. The number of benzene rings is 1. The van der Waals surface area contributed by atoms with E-state index in [9.17, 15) is 4.79 Å². The molecule has 1 aromatic heterocycles. The zero-order valence-electron chi connectivity index (χ0n) is 19.6. The van der Waals surface area contributed by atoms with Gasteiger partial charge in [0, 0.05) is 37.8 Å². The minimum absolute atomic E-state index is 0.0729. The van der Waals surface area contributed by atoms with Crippen LogP contribution in [0.25, 0.3) is 0 Å². The van der Waals surface area contributed by atoms with Crippen molar-refractivity contribution < 1.29 is 23.7 Å². The van der Waals surface area contributed by atoms with E-state index < -0.39 is 0 Å². The lowest BCUT2D eigenvalue weighted by Gasteiger charge is -2.35. The van der Waals surface area contributed by atoms with Crippen molar-refractivity contribution in [1.82, 2.24) is 15.1 Å². The Morgan fingerprint density at radius 2 is 1.55 bits per heavy atom. The molecule has 4 rings (SSSR count). The van der Waals surface area contributed by atoms with Crippen LogP contribution in [0.3, 0.4) is 0 Å². The molecule has 0 N–H and O–H groups in total. The van der Waals surface area contributed by atoms with Crippen LogP contribution in [-0.4, -0.2) is 74.6 Å². The Balaban J connectivity index is 1.36. The molecule has 9 nitrogen and oxygen atoms in total. The fourth-order valence-corrected chi connectivity index (χ4v) is 4.42. The Hall–Kier alpha value is -3.23. The van der Waals surface area contributed by atoms with E-state index in [1.54, 1.807) is 19.2 Å². The standard InChI is InChI=1S/C24H32N4O5/c1-30-19-15-17(16-20(31-2)23(19)32-3)24(29)28-13-11-27(12-14-28)21-9-10-22(26-25-21)33-18-7-5-4-6-8-18/h9-10,15-16,18H,4-8,11-14H2,1-3H3. The van der Waals surface area contributed by atoms with E-state index in [0.29, 0.717) is 54.9 Å². The number of ether oxygens (including phenoxy) is 4. The molecule has 0 atom stereocenters. The molecule has 33 heavy (non-hydrogen) atoms. The number of hydrogen-bond donors (Lipinski definition) is 0. The van der Waals surface area contributed by atoms with Crippen molar-refractivity contribution in [2.24, 2.45) is 0 Å². The van der Waals surface area contributed by atoms with E-state index in [1.165, 1.54) is 33.5 Å². The molecule has 1 amide bonds. The maximum atomic E-state index is 13.1. The molecule has 2 fully saturated rings. The Labute approximate surface area is 194 Å². The van der Waals surface area contributed by atoms with Crippen LogP contribution in [0.5, 0.6) is 23.1 Å². The smallest absolute Gasteiger partial charge is 0.254 e. The van der Waals surface area contributed by atoms with E-state index in [-0.39, 0.29) is 12.0 Å². The lowest BCUT2D eigenvalue weighted by Crippen LogP contribution is -2.49. The van der Waals surface area contributed by atoms with Gasteiger partial charge in [-0.3, -0.25) is 4.79 Å². The number of nitrogens with zero attached hydrogens (tertiary/aromatic N) is 4. The fourth-order valence-electron chi connectivity index (χ4n) is 4.42. The third-order valence-corrected chi connectivity index (χ3v) is 6.27. The summed E-state index contributed by atoms with van der Waals surface area (Å²) in [4.78, 5) is 17.1. The second-order valence-corrected chi connectivity index (χ2v) is 8.30. The second kappa shape index (κ2) is 10.6. The van der Waals surface area contributed by atoms with Gasteiger partial charge in [0.15, 0.2) is 17.3 Å². The van der Waals surface area contributed by atoms with Gasteiger partial charge >= 0.3 is 0 Å². The van der Waals surface area contributed by atoms with Crippen LogP contribution in [-0.2, 0) is 0 Å². The van der Waals surface area contributed by atoms with Gasteiger partial charge < -0.3 is 28.7 Å². The topological polar surface area (TPSA) is 86.3 Å². The van der Waals surface area contributed by atoms with Gasteiger partial charge in [-0.15, -0.1) is 10.2 Å². The summed E-state index contributed by atoms with van der Waals surface area (Å²) in [6.45, 7) is 2.51. The minimum atomic E-state index is -0.0729. The predicted molar refractivity (Wildman–Crippen MR) is 124 cm³/mol. The Morgan fingerprint density at radius 1 is 0.879 bits per heavy atom. The molecule has 0 unspecified atom stereocenters. The van der Waals surface area contributed by atoms with Crippen molar-refractivity contribution in [3.05, 3.63) is 29.8 Å². The molecular formula is C24H32N4O5. The molecule has 178 valence electrons. The van der Waals surface area contributed by atoms with Crippen LogP contribution in [0, 0.1) is 0 Å². The van der Waals surface area contributed by atoms with Crippen molar-refractivity contribution in [2.75, 3.05) is 52.4 Å². The number of carbonyl (C=O) groups is 1. The number of methoxy groups -OCH3 is 3. The maximum absolute atomic E-state index is 13.1. The van der Waals surface area contributed by atoms with Crippen molar-refractivity contribution >= 4 is 11.7 Å². The van der Waals surface area contributed by atoms with E-state index in [2.05, 4.69) is 15.1 Å². The van der Waals surface area contributed by atoms with Crippen molar-refractivity contribution in [3.8, 4) is 23.1 Å². The first-order valence-electron chi connectivity index (χ1n) is 11.5. The lowest BCUT2D eigenvalue weighted by atomic mass is 9.98. The highest BCUT2D eigenvalue weighted by molar-refractivity contribution is 5.95. The van der Waals surface area contributed by atoms with Crippen LogP contribution in [0.15, 0.2) is 24.3 Å². The number of hydrogen-bond acceptors (Lipinski definition) is 8. The predicted octanol–water partition coefficient (Wildman–Crippen LogP) is 3.18. The molecule has 2 aliphatic rings. The van der Waals surface area contributed by atoms with E-state index in [0.717, 1.165) is 18.7 Å².